The summed E-state index contributed by atoms with van der Waals surface area (Å²) in [4.78, 5) is 25.4. The summed E-state index contributed by atoms with van der Waals surface area (Å²) in [6.45, 7) is 14.4. The summed E-state index contributed by atoms with van der Waals surface area (Å²) in [7, 11) is 5.94. The smallest absolute Gasteiger partial charge is 0.305 e. The van der Waals surface area contributed by atoms with Crippen LogP contribution >= 0.6 is 0 Å². The van der Waals surface area contributed by atoms with Crippen molar-refractivity contribution in [1.82, 2.24) is 0 Å². The first-order chi connectivity index (χ1) is 12.0. The Morgan fingerprint density at radius 3 is 2.38 bits per heavy atom. The van der Waals surface area contributed by atoms with Crippen molar-refractivity contribution in [2.45, 2.75) is 86.6 Å². The van der Waals surface area contributed by atoms with Crippen LogP contribution in [0.1, 0.15) is 80.6 Å². The first-order valence-corrected chi connectivity index (χ1v) is 10.1. The van der Waals surface area contributed by atoms with Gasteiger partial charge in [0.2, 0.25) is 0 Å². The number of carbonyl (C=O) groups excluding carboxylic acids is 2. The Labute approximate surface area is 161 Å². The molecule has 0 aliphatic carbocycles. The van der Waals surface area contributed by atoms with Crippen LogP contribution in [-0.2, 0) is 14.3 Å². The summed E-state index contributed by atoms with van der Waals surface area (Å²) in [5.74, 6) is 0.623. The van der Waals surface area contributed by atoms with E-state index in [4.69, 9.17) is 12.6 Å². The fourth-order valence-corrected chi connectivity index (χ4v) is 3.72. The van der Waals surface area contributed by atoms with Crippen LogP contribution in [0.4, 0.5) is 0 Å². The third kappa shape index (κ3) is 6.28. The lowest BCUT2D eigenvalue weighted by atomic mass is 9.67. The van der Waals surface area contributed by atoms with Gasteiger partial charge >= 0.3 is 5.97 Å². The molecule has 1 aliphatic rings. The second-order valence-electron chi connectivity index (χ2n) is 9.02. The van der Waals surface area contributed by atoms with Crippen molar-refractivity contribution in [2.75, 3.05) is 0 Å². The molecular formula is C22H37BO3. The van der Waals surface area contributed by atoms with Crippen LogP contribution in [0.5, 0.6) is 0 Å². The van der Waals surface area contributed by atoms with E-state index in [-0.39, 0.29) is 30.0 Å². The molecule has 0 unspecified atom stereocenters. The van der Waals surface area contributed by atoms with Crippen LogP contribution in [0, 0.1) is 29.1 Å². The average molecular weight is 360 g/mol. The molecule has 0 N–H and O–H groups in total. The molecule has 4 heteroatoms. The molecule has 1 aliphatic heterocycles. The van der Waals surface area contributed by atoms with Gasteiger partial charge in [-0.25, -0.2) is 0 Å². The molecule has 1 heterocycles. The standard InChI is InChI=1S/C22H37BO3/c1-14-9-8-10-15(2)17(4)18(5)21(25)22(6,7)16(3)13-20(24)26-19(23)12-11-14/h11,15-19H,8-10,12-13H2,1-7H3/b14-11-/t15-,16+,17+,18-,19+/m1/s1. The van der Waals surface area contributed by atoms with E-state index >= 15 is 0 Å². The van der Waals surface area contributed by atoms with Gasteiger partial charge in [-0.3, -0.25) is 9.59 Å². The molecule has 0 fully saturated rings. The zero-order valence-electron chi connectivity index (χ0n) is 17.8. The summed E-state index contributed by atoms with van der Waals surface area (Å²) >= 11 is 0. The fourth-order valence-electron chi connectivity index (χ4n) is 3.72. The SMILES string of the molecule is [B][C@@H]1C/C=C(/C)CCC[C@@H](C)[C@H](C)[C@@H](C)C(=O)C(C)(C)[C@@H](C)CC(=O)O1. The fraction of sp³-hybridized carbons (Fsp3) is 0.818. The summed E-state index contributed by atoms with van der Waals surface area (Å²) < 4.78 is 5.35. The lowest BCUT2D eigenvalue weighted by Gasteiger charge is -2.36. The molecule has 146 valence electrons. The predicted octanol–water partition coefficient (Wildman–Crippen LogP) is 5.07. The van der Waals surface area contributed by atoms with Crippen molar-refractivity contribution in [3.63, 3.8) is 0 Å². The number of allylic oxidation sites excluding steroid dienone is 1. The number of hydrogen-bond acceptors (Lipinski definition) is 3. The van der Waals surface area contributed by atoms with E-state index in [2.05, 4.69) is 26.8 Å². The number of carbonyl (C=O) groups is 2. The summed E-state index contributed by atoms with van der Waals surface area (Å²) in [6, 6.07) is -0.616. The van der Waals surface area contributed by atoms with Gasteiger partial charge in [0.1, 0.15) is 13.6 Å². The average Bonchev–Trinajstić information content (AvgIpc) is 2.56. The van der Waals surface area contributed by atoms with E-state index in [1.165, 1.54) is 5.57 Å². The number of rotatable bonds is 0. The van der Waals surface area contributed by atoms with E-state index in [1.807, 2.05) is 27.7 Å². The maximum atomic E-state index is 13.2. The van der Waals surface area contributed by atoms with Crippen LogP contribution in [-0.4, -0.2) is 25.6 Å². The molecule has 2 radical (unpaired) electrons. The number of Topliss-reactive ketones (excluding diaryl/α,β-unsaturated/α-hetero) is 1. The molecule has 0 saturated heterocycles. The minimum Gasteiger partial charge on any atom is -0.472 e. The maximum absolute atomic E-state index is 13.2. The van der Waals surface area contributed by atoms with Crippen LogP contribution < -0.4 is 0 Å². The minimum absolute atomic E-state index is 0.0229. The first kappa shape index (κ1) is 23.0. The van der Waals surface area contributed by atoms with Gasteiger partial charge in [0.05, 0.1) is 6.00 Å². The molecule has 0 amide bonds. The second-order valence-corrected chi connectivity index (χ2v) is 9.02. The lowest BCUT2D eigenvalue weighted by molar-refractivity contribution is -0.148. The van der Waals surface area contributed by atoms with Gasteiger partial charge in [-0.2, -0.15) is 0 Å². The normalized spacial score (nSPS) is 37.5. The number of ether oxygens (including phenoxy) is 1. The quantitative estimate of drug-likeness (QED) is 0.344. The number of hydrogen-bond donors (Lipinski definition) is 0. The van der Waals surface area contributed by atoms with Gasteiger partial charge in [0.25, 0.3) is 0 Å². The molecule has 1 rings (SSSR count). The summed E-state index contributed by atoms with van der Waals surface area (Å²) in [5.41, 5.74) is 0.714. The van der Waals surface area contributed by atoms with E-state index in [0.717, 1.165) is 19.3 Å². The Morgan fingerprint density at radius 2 is 1.77 bits per heavy atom. The third-order valence-corrected chi connectivity index (χ3v) is 6.65. The molecular weight excluding hydrogens is 323 g/mol. The van der Waals surface area contributed by atoms with Crippen LogP contribution in [0.3, 0.4) is 0 Å². The van der Waals surface area contributed by atoms with Gasteiger partial charge in [-0.15, -0.1) is 0 Å². The van der Waals surface area contributed by atoms with Crippen molar-refractivity contribution in [3.05, 3.63) is 11.6 Å². The molecule has 0 aromatic rings. The second kappa shape index (κ2) is 9.76. The van der Waals surface area contributed by atoms with Crippen LogP contribution in [0.2, 0.25) is 0 Å². The number of esters is 1. The largest absolute Gasteiger partial charge is 0.472 e. The third-order valence-electron chi connectivity index (χ3n) is 6.65. The molecule has 0 aromatic carbocycles. The molecule has 5 atom stereocenters. The van der Waals surface area contributed by atoms with Crippen molar-refractivity contribution in [3.8, 4) is 0 Å². The summed E-state index contributed by atoms with van der Waals surface area (Å²) in [6.07, 6.45) is 6.06. The van der Waals surface area contributed by atoms with Gasteiger partial charge in [0, 0.05) is 17.8 Å². The van der Waals surface area contributed by atoms with Gasteiger partial charge in [0.15, 0.2) is 0 Å². The highest BCUT2D eigenvalue weighted by molar-refractivity contribution is 6.11. The Balaban J connectivity index is 3.03. The van der Waals surface area contributed by atoms with Gasteiger partial charge in [-0.05, 0) is 43.9 Å². The Morgan fingerprint density at radius 1 is 1.15 bits per heavy atom. The van der Waals surface area contributed by atoms with Crippen LogP contribution in [0.25, 0.3) is 0 Å². The summed E-state index contributed by atoms with van der Waals surface area (Å²) in [5, 5.41) is 0. The topological polar surface area (TPSA) is 43.4 Å². The Bertz CT molecular complexity index is 523. The Hall–Kier alpha value is -1.06. The highest BCUT2D eigenvalue weighted by atomic mass is 16.5. The van der Waals surface area contributed by atoms with Gasteiger partial charge < -0.3 is 4.74 Å². The zero-order chi connectivity index (χ0) is 20.1. The van der Waals surface area contributed by atoms with E-state index < -0.39 is 11.4 Å². The molecule has 26 heavy (non-hydrogen) atoms. The van der Waals surface area contributed by atoms with Crippen molar-refractivity contribution in [1.29, 1.82) is 0 Å². The maximum Gasteiger partial charge on any atom is 0.305 e. The molecule has 3 nitrogen and oxygen atoms in total. The molecule has 0 bridgehead atoms. The lowest BCUT2D eigenvalue weighted by Crippen LogP contribution is -2.40. The number of ketones is 1. The highest BCUT2D eigenvalue weighted by Gasteiger charge is 2.40. The van der Waals surface area contributed by atoms with Crippen molar-refractivity contribution in [2.24, 2.45) is 29.1 Å². The zero-order valence-corrected chi connectivity index (χ0v) is 17.8. The number of cyclic esters (lactones) is 1. The van der Waals surface area contributed by atoms with Crippen LogP contribution in [0.15, 0.2) is 11.6 Å². The van der Waals surface area contributed by atoms with E-state index in [9.17, 15) is 9.59 Å². The van der Waals surface area contributed by atoms with E-state index in [1.54, 1.807) is 0 Å². The molecule has 0 spiro atoms. The monoisotopic (exact) mass is 360 g/mol. The van der Waals surface area contributed by atoms with Gasteiger partial charge in [-0.1, -0.05) is 59.6 Å². The molecule has 0 saturated carbocycles. The first-order valence-electron chi connectivity index (χ1n) is 10.1. The highest BCUT2D eigenvalue weighted by Crippen LogP contribution is 2.37. The predicted molar refractivity (Wildman–Crippen MR) is 108 cm³/mol. The van der Waals surface area contributed by atoms with Crippen molar-refractivity contribution >= 4 is 19.6 Å². The molecule has 0 aromatic heterocycles. The van der Waals surface area contributed by atoms with E-state index in [0.29, 0.717) is 18.3 Å². The van der Waals surface area contributed by atoms with Crippen molar-refractivity contribution < 1.29 is 14.3 Å². The Kier molecular flexibility index (Phi) is 8.63. The minimum atomic E-state index is -0.616.